The molecule has 9 heteroatoms. The van der Waals surface area contributed by atoms with Crippen molar-refractivity contribution in [1.29, 1.82) is 0 Å². The molecule has 0 radical (unpaired) electrons. The molecule has 0 unspecified atom stereocenters. The predicted molar refractivity (Wildman–Crippen MR) is 126 cm³/mol. The highest BCUT2D eigenvalue weighted by Crippen LogP contribution is 2.23. The van der Waals surface area contributed by atoms with E-state index in [0.29, 0.717) is 38.3 Å². The van der Waals surface area contributed by atoms with Gasteiger partial charge in [0, 0.05) is 51.0 Å². The first-order valence-electron chi connectivity index (χ1n) is 10.8. The summed E-state index contributed by atoms with van der Waals surface area (Å²) >= 11 is 1.54. The minimum absolute atomic E-state index is 0.0622. The molecular weight excluding hydrogens is 443 g/mol. The lowest BCUT2D eigenvalue weighted by molar-refractivity contribution is -0.121. The molecule has 1 heterocycles. The fourth-order valence-electron chi connectivity index (χ4n) is 3.29. The maximum Gasteiger partial charge on any atom is 0.220 e. The molecule has 3 aromatic rings. The molecular formula is C24H29FN4O3S. The van der Waals surface area contributed by atoms with Crippen molar-refractivity contribution in [2.24, 2.45) is 0 Å². The fraction of sp³-hybridized carbons (Fsp3) is 0.375. The molecule has 1 aromatic heterocycles. The summed E-state index contributed by atoms with van der Waals surface area (Å²) in [7, 11) is 3.28. The SMILES string of the molecule is COCCCn1c(CCC(=O)NCc2ccccc2OC)nnc1SCc1ccc(F)cc1. The molecule has 3 rings (SSSR count). The largest absolute Gasteiger partial charge is 0.496 e. The van der Waals surface area contributed by atoms with E-state index in [4.69, 9.17) is 9.47 Å². The van der Waals surface area contributed by atoms with Gasteiger partial charge in [-0.25, -0.2) is 4.39 Å². The van der Waals surface area contributed by atoms with Gasteiger partial charge in [0.05, 0.1) is 7.11 Å². The number of methoxy groups -OCH3 is 2. The predicted octanol–water partition coefficient (Wildman–Crippen LogP) is 4.00. The van der Waals surface area contributed by atoms with Crippen LogP contribution in [0, 0.1) is 5.82 Å². The molecule has 7 nitrogen and oxygen atoms in total. The van der Waals surface area contributed by atoms with Gasteiger partial charge in [-0.05, 0) is 30.2 Å². The van der Waals surface area contributed by atoms with E-state index in [-0.39, 0.29) is 11.7 Å². The van der Waals surface area contributed by atoms with Gasteiger partial charge in [0.25, 0.3) is 0 Å². The molecule has 1 N–H and O–H groups in total. The number of benzene rings is 2. The first kappa shape index (κ1) is 24.7. The van der Waals surface area contributed by atoms with E-state index < -0.39 is 0 Å². The van der Waals surface area contributed by atoms with Crippen LogP contribution in [-0.2, 0) is 34.8 Å². The van der Waals surface area contributed by atoms with Gasteiger partial charge in [0.2, 0.25) is 5.91 Å². The number of rotatable bonds is 13. The zero-order chi connectivity index (χ0) is 23.5. The summed E-state index contributed by atoms with van der Waals surface area (Å²) in [6.45, 7) is 1.73. The third kappa shape index (κ3) is 7.57. The molecule has 1 amide bonds. The summed E-state index contributed by atoms with van der Waals surface area (Å²) in [6, 6.07) is 14.0. The minimum atomic E-state index is -0.252. The molecule has 0 fully saturated rings. The van der Waals surface area contributed by atoms with Gasteiger partial charge in [0.1, 0.15) is 17.4 Å². The number of nitrogens with zero attached hydrogens (tertiary/aromatic N) is 3. The third-order valence-corrected chi connectivity index (χ3v) is 6.09. The molecule has 0 aliphatic carbocycles. The van der Waals surface area contributed by atoms with Gasteiger partial charge in [-0.3, -0.25) is 4.79 Å². The van der Waals surface area contributed by atoms with Crippen LogP contribution in [0.25, 0.3) is 0 Å². The fourth-order valence-corrected chi connectivity index (χ4v) is 4.23. The lowest BCUT2D eigenvalue weighted by Gasteiger charge is -2.11. The zero-order valence-electron chi connectivity index (χ0n) is 18.9. The lowest BCUT2D eigenvalue weighted by atomic mass is 10.2. The minimum Gasteiger partial charge on any atom is -0.496 e. The van der Waals surface area contributed by atoms with Crippen molar-refractivity contribution >= 4 is 17.7 Å². The number of carbonyl (C=O) groups is 1. The smallest absolute Gasteiger partial charge is 0.220 e. The van der Waals surface area contributed by atoms with Crippen molar-refractivity contribution in [3.05, 3.63) is 71.3 Å². The molecule has 33 heavy (non-hydrogen) atoms. The Bertz CT molecular complexity index is 1030. The van der Waals surface area contributed by atoms with E-state index in [1.807, 2.05) is 28.8 Å². The zero-order valence-corrected chi connectivity index (χ0v) is 19.7. The summed E-state index contributed by atoms with van der Waals surface area (Å²) < 4.78 is 25.7. The number of hydrogen-bond acceptors (Lipinski definition) is 6. The van der Waals surface area contributed by atoms with Crippen LogP contribution in [0.3, 0.4) is 0 Å². The van der Waals surface area contributed by atoms with Crippen molar-refractivity contribution in [2.45, 2.75) is 43.3 Å². The number of thioether (sulfide) groups is 1. The average Bonchev–Trinajstić information content (AvgIpc) is 3.23. The molecule has 176 valence electrons. The molecule has 0 bridgehead atoms. The van der Waals surface area contributed by atoms with Crippen molar-refractivity contribution in [3.63, 3.8) is 0 Å². The van der Waals surface area contributed by atoms with Gasteiger partial charge < -0.3 is 19.4 Å². The summed E-state index contributed by atoms with van der Waals surface area (Å²) in [5.41, 5.74) is 1.93. The van der Waals surface area contributed by atoms with Crippen molar-refractivity contribution in [2.75, 3.05) is 20.8 Å². The van der Waals surface area contributed by atoms with E-state index in [9.17, 15) is 9.18 Å². The molecule has 0 aliphatic heterocycles. The van der Waals surface area contributed by atoms with Crippen LogP contribution in [-0.4, -0.2) is 41.5 Å². The topological polar surface area (TPSA) is 78.3 Å². The molecule has 0 spiro atoms. The Balaban J connectivity index is 1.58. The van der Waals surface area contributed by atoms with E-state index in [0.717, 1.165) is 34.3 Å². The Hall–Kier alpha value is -2.91. The highest BCUT2D eigenvalue weighted by atomic mass is 32.2. The standard InChI is InChI=1S/C24H29FN4O3S/c1-31-15-5-14-29-22(27-28-24(29)33-17-18-8-10-20(25)11-9-18)12-13-23(30)26-16-19-6-3-4-7-21(19)32-2/h3-4,6-11H,5,12-17H2,1-2H3,(H,26,30). The van der Waals surface area contributed by atoms with Crippen LogP contribution in [0.15, 0.2) is 53.7 Å². The second-order valence-electron chi connectivity index (χ2n) is 7.40. The van der Waals surface area contributed by atoms with Crippen molar-refractivity contribution < 1.29 is 18.7 Å². The van der Waals surface area contributed by atoms with Crippen LogP contribution in [0.4, 0.5) is 4.39 Å². The molecule has 0 saturated heterocycles. The lowest BCUT2D eigenvalue weighted by Crippen LogP contribution is -2.23. The summed E-state index contributed by atoms with van der Waals surface area (Å²) in [5.74, 6) is 1.85. The quantitative estimate of drug-likeness (QED) is 0.299. The van der Waals surface area contributed by atoms with E-state index >= 15 is 0 Å². The second-order valence-corrected chi connectivity index (χ2v) is 8.34. The number of para-hydroxylation sites is 1. The maximum absolute atomic E-state index is 13.1. The molecule has 0 saturated carbocycles. The third-order valence-electron chi connectivity index (χ3n) is 5.05. The van der Waals surface area contributed by atoms with Crippen molar-refractivity contribution in [3.8, 4) is 5.75 Å². The number of nitrogens with one attached hydrogen (secondary N) is 1. The van der Waals surface area contributed by atoms with Gasteiger partial charge in [0.15, 0.2) is 5.16 Å². The second kappa shape index (κ2) is 13.0. The highest BCUT2D eigenvalue weighted by Gasteiger charge is 2.14. The number of aromatic nitrogens is 3. The van der Waals surface area contributed by atoms with Crippen molar-refractivity contribution in [1.82, 2.24) is 20.1 Å². The number of carbonyl (C=O) groups excluding carboxylic acids is 1. The highest BCUT2D eigenvalue weighted by molar-refractivity contribution is 7.98. The Kier molecular flexibility index (Phi) is 9.71. The Labute approximate surface area is 197 Å². The monoisotopic (exact) mass is 472 g/mol. The van der Waals surface area contributed by atoms with Gasteiger partial charge in [-0.1, -0.05) is 42.1 Å². The van der Waals surface area contributed by atoms with Crippen LogP contribution in [0.1, 0.15) is 29.8 Å². The van der Waals surface area contributed by atoms with Crippen LogP contribution in [0.2, 0.25) is 0 Å². The number of ether oxygens (including phenoxy) is 2. The first-order valence-corrected chi connectivity index (χ1v) is 11.8. The van der Waals surface area contributed by atoms with Crippen LogP contribution >= 0.6 is 11.8 Å². The first-order chi connectivity index (χ1) is 16.1. The summed E-state index contributed by atoms with van der Waals surface area (Å²) in [4.78, 5) is 12.4. The van der Waals surface area contributed by atoms with Gasteiger partial charge >= 0.3 is 0 Å². The number of hydrogen-bond donors (Lipinski definition) is 1. The Morgan fingerprint density at radius 3 is 2.67 bits per heavy atom. The molecule has 2 aromatic carbocycles. The molecule has 0 atom stereocenters. The maximum atomic E-state index is 13.1. The average molecular weight is 473 g/mol. The van der Waals surface area contributed by atoms with Crippen LogP contribution in [0.5, 0.6) is 5.75 Å². The number of halogens is 1. The Morgan fingerprint density at radius 2 is 1.91 bits per heavy atom. The van der Waals surface area contributed by atoms with E-state index in [2.05, 4.69) is 15.5 Å². The van der Waals surface area contributed by atoms with E-state index in [1.165, 1.54) is 12.1 Å². The Morgan fingerprint density at radius 1 is 1.12 bits per heavy atom. The normalized spacial score (nSPS) is 10.9. The van der Waals surface area contributed by atoms with Gasteiger partial charge in [-0.15, -0.1) is 10.2 Å². The van der Waals surface area contributed by atoms with Crippen LogP contribution < -0.4 is 10.1 Å². The molecule has 0 aliphatic rings. The van der Waals surface area contributed by atoms with Gasteiger partial charge in [-0.2, -0.15) is 0 Å². The number of amides is 1. The summed E-state index contributed by atoms with van der Waals surface area (Å²) in [5, 5.41) is 12.4. The van der Waals surface area contributed by atoms with E-state index in [1.54, 1.807) is 38.1 Å². The number of aryl methyl sites for hydroxylation is 1. The summed E-state index contributed by atoms with van der Waals surface area (Å²) in [6.07, 6.45) is 1.60.